The standard InChI is InChI=1S/C10H17N7/c1-3-17-8(4-7(2)15-17)5-9(13-11)10-6-12-16-14-10/h4,6,9,13H,3,5,11H2,1-2H3,(H,12,14,16). The van der Waals surface area contributed by atoms with E-state index in [-0.39, 0.29) is 6.04 Å². The minimum absolute atomic E-state index is 0.0600. The second kappa shape index (κ2) is 5.07. The molecule has 0 amide bonds. The number of nitrogens with zero attached hydrogens (tertiary/aromatic N) is 4. The predicted molar refractivity (Wildman–Crippen MR) is 62.8 cm³/mol. The summed E-state index contributed by atoms with van der Waals surface area (Å²) in [6.45, 7) is 4.90. The molecule has 0 spiro atoms. The van der Waals surface area contributed by atoms with Crippen LogP contribution < -0.4 is 11.3 Å². The predicted octanol–water partition coefficient (Wildman–Crippen LogP) is 0.0766. The fourth-order valence-electron chi connectivity index (χ4n) is 1.87. The van der Waals surface area contributed by atoms with Crippen molar-refractivity contribution in [3.8, 4) is 0 Å². The van der Waals surface area contributed by atoms with Gasteiger partial charge in [-0.3, -0.25) is 16.0 Å². The Morgan fingerprint density at radius 3 is 3.00 bits per heavy atom. The Labute approximate surface area is 99.4 Å². The molecule has 0 radical (unpaired) electrons. The molecule has 92 valence electrons. The molecule has 1 atom stereocenters. The number of nitrogens with two attached hydrogens (primary N) is 1. The van der Waals surface area contributed by atoms with Crippen molar-refractivity contribution in [2.24, 2.45) is 5.84 Å². The number of hydrogen-bond acceptors (Lipinski definition) is 5. The van der Waals surface area contributed by atoms with Crippen LogP contribution in [-0.4, -0.2) is 25.2 Å². The van der Waals surface area contributed by atoms with Gasteiger partial charge >= 0.3 is 0 Å². The summed E-state index contributed by atoms with van der Waals surface area (Å²) in [6.07, 6.45) is 2.40. The van der Waals surface area contributed by atoms with Crippen molar-refractivity contribution in [3.63, 3.8) is 0 Å². The third-order valence-electron chi connectivity index (χ3n) is 2.69. The number of rotatable bonds is 5. The molecule has 2 aromatic heterocycles. The maximum Gasteiger partial charge on any atom is 0.101 e. The summed E-state index contributed by atoms with van der Waals surface area (Å²) in [4.78, 5) is 0. The molecule has 0 aliphatic heterocycles. The first-order valence-electron chi connectivity index (χ1n) is 5.59. The van der Waals surface area contributed by atoms with E-state index in [4.69, 9.17) is 5.84 Å². The Kier molecular flexibility index (Phi) is 3.50. The second-order valence-corrected chi connectivity index (χ2v) is 3.91. The molecule has 7 heteroatoms. The lowest BCUT2D eigenvalue weighted by atomic mass is 10.1. The molecule has 17 heavy (non-hydrogen) atoms. The number of aryl methyl sites for hydroxylation is 2. The van der Waals surface area contributed by atoms with Gasteiger partial charge in [0.25, 0.3) is 0 Å². The van der Waals surface area contributed by atoms with Crippen molar-refractivity contribution >= 4 is 0 Å². The normalized spacial score (nSPS) is 12.9. The van der Waals surface area contributed by atoms with Crippen LogP contribution in [0.25, 0.3) is 0 Å². The SMILES string of the molecule is CCn1nc(C)cc1CC(NN)c1cn[nH]n1. The summed E-state index contributed by atoms with van der Waals surface area (Å²) in [5.41, 5.74) is 5.70. The van der Waals surface area contributed by atoms with E-state index in [9.17, 15) is 0 Å². The molecule has 0 aliphatic rings. The lowest BCUT2D eigenvalue weighted by Gasteiger charge is -2.13. The average Bonchev–Trinajstić information content (AvgIpc) is 2.94. The second-order valence-electron chi connectivity index (χ2n) is 3.91. The zero-order valence-electron chi connectivity index (χ0n) is 10.0. The number of H-pyrrole nitrogens is 1. The van der Waals surface area contributed by atoms with E-state index in [2.05, 4.69) is 38.9 Å². The van der Waals surface area contributed by atoms with Crippen molar-refractivity contribution in [2.75, 3.05) is 0 Å². The van der Waals surface area contributed by atoms with Gasteiger partial charge in [0.2, 0.25) is 0 Å². The molecule has 2 aromatic rings. The largest absolute Gasteiger partial charge is 0.271 e. The Hall–Kier alpha value is -1.73. The van der Waals surface area contributed by atoms with Crippen LogP contribution in [0.4, 0.5) is 0 Å². The highest BCUT2D eigenvalue weighted by Gasteiger charge is 2.16. The van der Waals surface area contributed by atoms with Crippen molar-refractivity contribution < 1.29 is 0 Å². The summed E-state index contributed by atoms with van der Waals surface area (Å²) < 4.78 is 1.97. The molecule has 7 nitrogen and oxygen atoms in total. The third-order valence-corrected chi connectivity index (χ3v) is 2.69. The van der Waals surface area contributed by atoms with Gasteiger partial charge in [-0.05, 0) is 19.9 Å². The van der Waals surface area contributed by atoms with Crippen LogP contribution in [0.1, 0.15) is 30.0 Å². The zero-order chi connectivity index (χ0) is 12.3. The molecule has 0 saturated carbocycles. The maximum atomic E-state index is 5.55. The van der Waals surface area contributed by atoms with Crippen LogP contribution in [0.5, 0.6) is 0 Å². The van der Waals surface area contributed by atoms with Crippen molar-refractivity contribution in [1.82, 2.24) is 30.6 Å². The minimum Gasteiger partial charge on any atom is -0.271 e. The molecular formula is C10H17N7. The summed E-state index contributed by atoms with van der Waals surface area (Å²) in [7, 11) is 0. The highest BCUT2D eigenvalue weighted by atomic mass is 15.3. The summed E-state index contributed by atoms with van der Waals surface area (Å²) in [5.74, 6) is 5.55. The molecule has 0 aromatic carbocycles. The zero-order valence-corrected chi connectivity index (χ0v) is 10.0. The number of nitrogens with one attached hydrogen (secondary N) is 2. The summed E-state index contributed by atoms with van der Waals surface area (Å²) in [6, 6.07) is 2.00. The van der Waals surface area contributed by atoms with E-state index in [0.29, 0.717) is 0 Å². The van der Waals surface area contributed by atoms with E-state index >= 15 is 0 Å². The van der Waals surface area contributed by atoms with Gasteiger partial charge in [0.05, 0.1) is 17.9 Å². The van der Waals surface area contributed by atoms with Gasteiger partial charge < -0.3 is 0 Å². The molecule has 0 saturated heterocycles. The van der Waals surface area contributed by atoms with Crippen molar-refractivity contribution in [2.45, 2.75) is 32.9 Å². The third kappa shape index (κ3) is 2.51. The van der Waals surface area contributed by atoms with Crippen LogP contribution in [0.2, 0.25) is 0 Å². The fraction of sp³-hybridized carbons (Fsp3) is 0.500. The first kappa shape index (κ1) is 11.7. The quantitative estimate of drug-likeness (QED) is 0.503. The monoisotopic (exact) mass is 235 g/mol. The number of hydrogen-bond donors (Lipinski definition) is 3. The molecular weight excluding hydrogens is 218 g/mol. The molecule has 2 rings (SSSR count). The molecule has 4 N–H and O–H groups in total. The topological polar surface area (TPSA) is 97.4 Å². The van der Waals surface area contributed by atoms with Gasteiger partial charge in [-0.2, -0.15) is 20.5 Å². The lowest BCUT2D eigenvalue weighted by Crippen LogP contribution is -2.30. The van der Waals surface area contributed by atoms with Crippen LogP contribution in [0.15, 0.2) is 12.3 Å². The van der Waals surface area contributed by atoms with E-state index < -0.39 is 0 Å². The summed E-state index contributed by atoms with van der Waals surface area (Å²) >= 11 is 0. The van der Waals surface area contributed by atoms with Gasteiger partial charge in [0, 0.05) is 18.7 Å². The first-order chi connectivity index (χ1) is 8.24. The average molecular weight is 235 g/mol. The van der Waals surface area contributed by atoms with Crippen LogP contribution in [-0.2, 0) is 13.0 Å². The van der Waals surface area contributed by atoms with Crippen LogP contribution in [0, 0.1) is 6.92 Å². The maximum absolute atomic E-state index is 5.55. The van der Waals surface area contributed by atoms with E-state index in [0.717, 1.165) is 30.0 Å². The smallest absolute Gasteiger partial charge is 0.101 e. The molecule has 0 fully saturated rings. The van der Waals surface area contributed by atoms with Crippen molar-refractivity contribution in [3.05, 3.63) is 29.3 Å². The number of aromatic amines is 1. The molecule has 0 bridgehead atoms. The highest BCUT2D eigenvalue weighted by molar-refractivity contribution is 5.13. The van der Waals surface area contributed by atoms with Gasteiger partial charge in [-0.15, -0.1) is 0 Å². The Morgan fingerprint density at radius 2 is 2.41 bits per heavy atom. The van der Waals surface area contributed by atoms with E-state index in [1.807, 2.05) is 11.6 Å². The van der Waals surface area contributed by atoms with E-state index in [1.165, 1.54) is 0 Å². The van der Waals surface area contributed by atoms with Crippen molar-refractivity contribution in [1.29, 1.82) is 0 Å². The Bertz CT molecular complexity index is 459. The van der Waals surface area contributed by atoms with Crippen LogP contribution in [0.3, 0.4) is 0 Å². The number of hydrazine groups is 1. The molecule has 0 aliphatic carbocycles. The van der Waals surface area contributed by atoms with Gasteiger partial charge in [0.1, 0.15) is 5.69 Å². The van der Waals surface area contributed by atoms with Crippen LogP contribution >= 0.6 is 0 Å². The van der Waals surface area contributed by atoms with E-state index in [1.54, 1.807) is 6.20 Å². The number of aromatic nitrogens is 5. The highest BCUT2D eigenvalue weighted by Crippen LogP contribution is 2.15. The summed E-state index contributed by atoms with van der Waals surface area (Å²) in [5, 5.41) is 14.8. The first-order valence-corrected chi connectivity index (χ1v) is 5.59. The fourth-order valence-corrected chi connectivity index (χ4v) is 1.87. The van der Waals surface area contributed by atoms with Gasteiger partial charge in [0.15, 0.2) is 0 Å². The molecule has 2 heterocycles. The lowest BCUT2D eigenvalue weighted by molar-refractivity contribution is 0.506. The van der Waals surface area contributed by atoms with Gasteiger partial charge in [-0.1, -0.05) is 0 Å². The minimum atomic E-state index is -0.0600. The Balaban J connectivity index is 2.18. The van der Waals surface area contributed by atoms with Gasteiger partial charge in [-0.25, -0.2) is 0 Å². The Morgan fingerprint density at radius 1 is 1.59 bits per heavy atom. The molecule has 1 unspecified atom stereocenters.